The molecule has 2 unspecified atom stereocenters. The molecular formula is C14H21NO3. The third-order valence-corrected chi connectivity index (χ3v) is 3.39. The average molecular weight is 251 g/mol. The van der Waals surface area contributed by atoms with Gasteiger partial charge in [-0.15, -0.1) is 0 Å². The van der Waals surface area contributed by atoms with E-state index in [-0.39, 0.29) is 12.0 Å². The fourth-order valence-electron chi connectivity index (χ4n) is 2.25. The molecule has 0 saturated carbocycles. The number of ether oxygens (including phenoxy) is 2. The summed E-state index contributed by atoms with van der Waals surface area (Å²) in [5.74, 6) is 0.815. The fourth-order valence-corrected chi connectivity index (χ4v) is 2.25. The van der Waals surface area contributed by atoms with E-state index >= 15 is 0 Å². The lowest BCUT2D eigenvalue weighted by molar-refractivity contribution is -0.0102. The van der Waals surface area contributed by atoms with Crippen LogP contribution in [0.4, 0.5) is 0 Å². The Morgan fingerprint density at radius 2 is 2.28 bits per heavy atom. The van der Waals surface area contributed by atoms with Gasteiger partial charge in [0.2, 0.25) is 0 Å². The minimum atomic E-state index is -0.917. The topological polar surface area (TPSA) is 51.6 Å². The molecule has 2 atom stereocenters. The van der Waals surface area contributed by atoms with Gasteiger partial charge in [0.1, 0.15) is 5.75 Å². The number of hydrogen-bond acceptors (Lipinski definition) is 4. The predicted molar refractivity (Wildman–Crippen MR) is 68.5 cm³/mol. The fraction of sp³-hybridized carbons (Fsp3) is 0.643. The van der Waals surface area contributed by atoms with Crippen molar-refractivity contribution in [3.05, 3.63) is 24.0 Å². The van der Waals surface area contributed by atoms with Gasteiger partial charge in [0.25, 0.3) is 0 Å². The maximum atomic E-state index is 10.7. The van der Waals surface area contributed by atoms with Crippen molar-refractivity contribution >= 4 is 0 Å². The molecule has 0 bridgehead atoms. The van der Waals surface area contributed by atoms with Crippen molar-refractivity contribution in [3.8, 4) is 5.75 Å². The second-order valence-corrected chi connectivity index (χ2v) is 5.28. The Morgan fingerprint density at radius 3 is 2.89 bits per heavy atom. The highest BCUT2D eigenvalue weighted by molar-refractivity contribution is 5.28. The van der Waals surface area contributed by atoms with Crippen LogP contribution in [-0.4, -0.2) is 29.4 Å². The molecule has 0 aromatic carbocycles. The molecule has 0 spiro atoms. The van der Waals surface area contributed by atoms with E-state index in [2.05, 4.69) is 4.98 Å². The third kappa shape index (κ3) is 2.82. The predicted octanol–water partition coefficient (Wildman–Crippen LogP) is 2.11. The molecule has 2 heterocycles. The summed E-state index contributed by atoms with van der Waals surface area (Å²) < 4.78 is 11.0. The second-order valence-electron chi connectivity index (χ2n) is 5.28. The standard InChI is InChI=1S/C14H21NO3/c1-10(2)18-13-6-12(7-15-8-13)14(3,16)11-4-5-17-9-11/h6-8,10-11,16H,4-5,9H2,1-3H3. The van der Waals surface area contributed by atoms with Gasteiger partial charge in [0.15, 0.2) is 0 Å². The van der Waals surface area contributed by atoms with E-state index in [9.17, 15) is 5.11 Å². The quantitative estimate of drug-likeness (QED) is 0.890. The van der Waals surface area contributed by atoms with Crippen LogP contribution in [0.5, 0.6) is 5.75 Å². The van der Waals surface area contributed by atoms with Gasteiger partial charge in [-0.3, -0.25) is 4.98 Å². The summed E-state index contributed by atoms with van der Waals surface area (Å²) in [5, 5.41) is 10.7. The molecule has 0 aliphatic carbocycles. The van der Waals surface area contributed by atoms with E-state index in [0.29, 0.717) is 12.4 Å². The van der Waals surface area contributed by atoms with Crippen molar-refractivity contribution in [1.82, 2.24) is 4.98 Å². The van der Waals surface area contributed by atoms with Gasteiger partial charge < -0.3 is 14.6 Å². The van der Waals surface area contributed by atoms with Crippen LogP contribution in [0.1, 0.15) is 32.8 Å². The first kappa shape index (κ1) is 13.3. The lowest BCUT2D eigenvalue weighted by Crippen LogP contribution is -2.32. The molecule has 0 amide bonds. The first-order chi connectivity index (χ1) is 8.50. The van der Waals surface area contributed by atoms with Crippen molar-refractivity contribution < 1.29 is 14.6 Å². The van der Waals surface area contributed by atoms with E-state index in [1.165, 1.54) is 0 Å². The Morgan fingerprint density at radius 1 is 1.50 bits per heavy atom. The average Bonchev–Trinajstić information content (AvgIpc) is 2.82. The lowest BCUT2D eigenvalue weighted by atomic mass is 9.83. The van der Waals surface area contributed by atoms with Crippen LogP contribution in [0.25, 0.3) is 0 Å². The molecule has 18 heavy (non-hydrogen) atoms. The summed E-state index contributed by atoms with van der Waals surface area (Å²) in [5.41, 5.74) is -0.129. The van der Waals surface area contributed by atoms with Crippen LogP contribution in [0, 0.1) is 5.92 Å². The highest BCUT2D eigenvalue weighted by atomic mass is 16.5. The van der Waals surface area contributed by atoms with Gasteiger partial charge in [0, 0.05) is 24.3 Å². The van der Waals surface area contributed by atoms with Crippen LogP contribution in [0.15, 0.2) is 18.5 Å². The molecular weight excluding hydrogens is 230 g/mol. The lowest BCUT2D eigenvalue weighted by Gasteiger charge is -2.29. The largest absolute Gasteiger partial charge is 0.489 e. The minimum Gasteiger partial charge on any atom is -0.489 e. The molecule has 1 aromatic heterocycles. The smallest absolute Gasteiger partial charge is 0.138 e. The van der Waals surface area contributed by atoms with Crippen LogP contribution < -0.4 is 4.74 Å². The van der Waals surface area contributed by atoms with Gasteiger partial charge in [-0.2, -0.15) is 0 Å². The van der Waals surface area contributed by atoms with Gasteiger partial charge in [-0.25, -0.2) is 0 Å². The molecule has 1 fully saturated rings. The minimum absolute atomic E-state index is 0.0989. The molecule has 4 nitrogen and oxygen atoms in total. The summed E-state index contributed by atoms with van der Waals surface area (Å²) in [7, 11) is 0. The summed E-state index contributed by atoms with van der Waals surface area (Å²) >= 11 is 0. The van der Waals surface area contributed by atoms with Gasteiger partial charge in [-0.05, 0) is 33.3 Å². The SMILES string of the molecule is CC(C)Oc1cncc(C(C)(O)C2CCOC2)c1. The second kappa shape index (κ2) is 5.24. The van der Waals surface area contributed by atoms with E-state index in [1.54, 1.807) is 12.4 Å². The molecule has 1 aliphatic rings. The van der Waals surface area contributed by atoms with Gasteiger partial charge >= 0.3 is 0 Å². The highest BCUT2D eigenvalue weighted by Gasteiger charge is 2.36. The van der Waals surface area contributed by atoms with Gasteiger partial charge in [0.05, 0.1) is 24.5 Å². The molecule has 2 rings (SSSR count). The highest BCUT2D eigenvalue weighted by Crippen LogP contribution is 2.35. The van der Waals surface area contributed by atoms with Crippen LogP contribution >= 0.6 is 0 Å². The van der Waals surface area contributed by atoms with Gasteiger partial charge in [-0.1, -0.05) is 0 Å². The number of nitrogens with zero attached hydrogens (tertiary/aromatic N) is 1. The van der Waals surface area contributed by atoms with Crippen LogP contribution in [0.2, 0.25) is 0 Å². The number of aliphatic hydroxyl groups is 1. The number of aromatic nitrogens is 1. The Kier molecular flexibility index (Phi) is 3.88. The van der Waals surface area contributed by atoms with Crippen molar-refractivity contribution in [2.24, 2.45) is 5.92 Å². The Balaban J connectivity index is 2.20. The summed E-state index contributed by atoms with van der Waals surface area (Å²) in [6, 6.07) is 1.87. The molecule has 1 aromatic rings. The zero-order chi connectivity index (χ0) is 13.2. The van der Waals surface area contributed by atoms with E-state index in [4.69, 9.17) is 9.47 Å². The normalized spacial score (nSPS) is 23.1. The molecule has 4 heteroatoms. The summed E-state index contributed by atoms with van der Waals surface area (Å²) in [4.78, 5) is 4.15. The Labute approximate surface area is 108 Å². The van der Waals surface area contributed by atoms with E-state index < -0.39 is 5.60 Å². The number of rotatable bonds is 4. The first-order valence-corrected chi connectivity index (χ1v) is 6.42. The van der Waals surface area contributed by atoms with Crippen LogP contribution in [-0.2, 0) is 10.3 Å². The van der Waals surface area contributed by atoms with Crippen LogP contribution in [0.3, 0.4) is 0 Å². The number of hydrogen-bond donors (Lipinski definition) is 1. The number of pyridine rings is 1. The van der Waals surface area contributed by atoms with E-state index in [0.717, 1.165) is 18.6 Å². The Hall–Kier alpha value is -1.13. The Bertz CT molecular complexity index is 398. The maximum Gasteiger partial charge on any atom is 0.138 e. The molecule has 100 valence electrons. The zero-order valence-corrected chi connectivity index (χ0v) is 11.2. The summed E-state index contributed by atoms with van der Waals surface area (Å²) in [6.07, 6.45) is 4.35. The third-order valence-electron chi connectivity index (χ3n) is 3.39. The first-order valence-electron chi connectivity index (χ1n) is 6.42. The zero-order valence-electron chi connectivity index (χ0n) is 11.2. The van der Waals surface area contributed by atoms with E-state index in [1.807, 2.05) is 26.8 Å². The monoisotopic (exact) mass is 251 g/mol. The molecule has 0 radical (unpaired) electrons. The molecule has 1 N–H and O–H groups in total. The summed E-state index contributed by atoms with van der Waals surface area (Å²) in [6.45, 7) is 7.08. The molecule has 1 saturated heterocycles. The van der Waals surface area contributed by atoms with Crippen molar-refractivity contribution in [1.29, 1.82) is 0 Å². The maximum absolute atomic E-state index is 10.7. The van der Waals surface area contributed by atoms with Crippen molar-refractivity contribution in [2.75, 3.05) is 13.2 Å². The molecule has 1 aliphatic heterocycles. The van der Waals surface area contributed by atoms with Crippen molar-refractivity contribution in [2.45, 2.75) is 38.9 Å². The van der Waals surface area contributed by atoms with Crippen molar-refractivity contribution in [3.63, 3.8) is 0 Å².